The molecule has 0 fully saturated rings. The molecule has 0 aliphatic heterocycles. The highest BCUT2D eigenvalue weighted by molar-refractivity contribution is 6.33. The van der Waals surface area contributed by atoms with E-state index in [-0.39, 0.29) is 22.9 Å². The molecule has 0 aliphatic rings. The van der Waals surface area contributed by atoms with Crippen LogP contribution in [-0.2, 0) is 6.42 Å². The molecule has 1 N–H and O–H groups in total. The molecule has 0 saturated carbocycles. The number of halogens is 2. The van der Waals surface area contributed by atoms with Crippen molar-refractivity contribution in [1.82, 2.24) is 15.1 Å². The first-order valence-electron chi connectivity index (χ1n) is 9.34. The summed E-state index contributed by atoms with van der Waals surface area (Å²) < 4.78 is 19.8. The molecule has 3 aromatic rings. The molecule has 5 nitrogen and oxygen atoms in total. The van der Waals surface area contributed by atoms with Gasteiger partial charge in [0.1, 0.15) is 16.7 Å². The minimum Gasteiger partial charge on any atom is -0.497 e. The van der Waals surface area contributed by atoms with Crippen molar-refractivity contribution in [3.63, 3.8) is 0 Å². The molecule has 1 amide bonds. The van der Waals surface area contributed by atoms with Gasteiger partial charge in [0.05, 0.1) is 24.1 Å². The Hall–Kier alpha value is -2.86. The third-order valence-corrected chi connectivity index (χ3v) is 5.05. The van der Waals surface area contributed by atoms with Gasteiger partial charge in [-0.1, -0.05) is 23.7 Å². The SMILES string of the molecule is COc1ccc(CCC(C)NC(=O)c2c(C)nn(-c3ccc(F)cc3)c2Cl)cc1. The molecule has 3 rings (SSSR count). The first-order valence-corrected chi connectivity index (χ1v) is 9.71. The smallest absolute Gasteiger partial charge is 0.256 e. The summed E-state index contributed by atoms with van der Waals surface area (Å²) in [5.41, 5.74) is 2.60. The maximum Gasteiger partial charge on any atom is 0.256 e. The Morgan fingerprint density at radius 2 is 1.86 bits per heavy atom. The Morgan fingerprint density at radius 1 is 1.21 bits per heavy atom. The van der Waals surface area contributed by atoms with Crippen LogP contribution in [0.3, 0.4) is 0 Å². The average molecular weight is 416 g/mol. The van der Waals surface area contributed by atoms with Crippen LogP contribution in [0.4, 0.5) is 4.39 Å². The number of aryl methyl sites for hydroxylation is 2. The van der Waals surface area contributed by atoms with Crippen LogP contribution in [0, 0.1) is 12.7 Å². The number of nitrogens with zero attached hydrogens (tertiary/aromatic N) is 2. The lowest BCUT2D eigenvalue weighted by Gasteiger charge is -2.14. The lowest BCUT2D eigenvalue weighted by molar-refractivity contribution is 0.0938. The standard InChI is InChI=1S/C22H23ClFN3O2/c1-14(4-5-16-6-12-19(29-3)13-7-16)25-22(28)20-15(2)26-27(21(20)23)18-10-8-17(24)9-11-18/h6-14H,4-5H2,1-3H3,(H,25,28). The Bertz CT molecular complexity index is 985. The molecule has 2 aromatic carbocycles. The summed E-state index contributed by atoms with van der Waals surface area (Å²) in [7, 11) is 1.64. The lowest BCUT2D eigenvalue weighted by Crippen LogP contribution is -2.33. The van der Waals surface area contributed by atoms with Crippen LogP contribution < -0.4 is 10.1 Å². The number of aromatic nitrogens is 2. The summed E-state index contributed by atoms with van der Waals surface area (Å²) >= 11 is 6.42. The maximum absolute atomic E-state index is 13.2. The van der Waals surface area contributed by atoms with E-state index in [4.69, 9.17) is 16.3 Å². The number of amides is 1. The zero-order valence-corrected chi connectivity index (χ0v) is 17.3. The molecule has 1 aromatic heterocycles. The largest absolute Gasteiger partial charge is 0.497 e. The molecule has 0 aliphatic carbocycles. The summed E-state index contributed by atoms with van der Waals surface area (Å²) in [5.74, 6) is 0.193. The van der Waals surface area contributed by atoms with Crippen molar-refractivity contribution in [1.29, 1.82) is 0 Å². The molecule has 1 unspecified atom stereocenters. The predicted octanol–water partition coefficient (Wildman–Crippen LogP) is 4.73. The van der Waals surface area contributed by atoms with Crippen LogP contribution in [0.5, 0.6) is 5.75 Å². The van der Waals surface area contributed by atoms with Gasteiger partial charge in [-0.3, -0.25) is 4.79 Å². The Balaban J connectivity index is 1.66. The van der Waals surface area contributed by atoms with Crippen LogP contribution in [0.2, 0.25) is 5.15 Å². The van der Waals surface area contributed by atoms with Crippen molar-refractivity contribution < 1.29 is 13.9 Å². The Morgan fingerprint density at radius 3 is 2.48 bits per heavy atom. The van der Waals surface area contributed by atoms with Crippen LogP contribution in [-0.4, -0.2) is 28.8 Å². The van der Waals surface area contributed by atoms with Gasteiger partial charge in [0.15, 0.2) is 0 Å². The van der Waals surface area contributed by atoms with Gasteiger partial charge in [-0.25, -0.2) is 9.07 Å². The van der Waals surface area contributed by atoms with Crippen molar-refractivity contribution >= 4 is 17.5 Å². The average Bonchev–Trinajstić information content (AvgIpc) is 3.01. The first kappa shape index (κ1) is 20.9. The fourth-order valence-electron chi connectivity index (χ4n) is 3.05. The van der Waals surface area contributed by atoms with Gasteiger partial charge in [0.2, 0.25) is 0 Å². The molecular formula is C22H23ClFN3O2. The van der Waals surface area contributed by atoms with E-state index in [1.807, 2.05) is 31.2 Å². The van der Waals surface area contributed by atoms with Gasteiger partial charge in [-0.05, 0) is 68.7 Å². The lowest BCUT2D eigenvalue weighted by atomic mass is 10.1. The second-order valence-electron chi connectivity index (χ2n) is 6.90. The van der Waals surface area contributed by atoms with Gasteiger partial charge < -0.3 is 10.1 Å². The predicted molar refractivity (Wildman–Crippen MR) is 112 cm³/mol. The summed E-state index contributed by atoms with van der Waals surface area (Å²) in [6.45, 7) is 3.68. The molecule has 0 saturated heterocycles. The van der Waals surface area contributed by atoms with E-state index >= 15 is 0 Å². The molecule has 152 valence electrons. The van der Waals surface area contributed by atoms with Crippen molar-refractivity contribution in [2.24, 2.45) is 0 Å². The van der Waals surface area contributed by atoms with Gasteiger partial charge in [0.25, 0.3) is 5.91 Å². The van der Waals surface area contributed by atoms with E-state index in [2.05, 4.69) is 10.4 Å². The Labute approximate surface area is 174 Å². The maximum atomic E-state index is 13.2. The van der Waals surface area contributed by atoms with E-state index in [0.717, 1.165) is 18.6 Å². The van der Waals surface area contributed by atoms with Gasteiger partial charge >= 0.3 is 0 Å². The molecule has 0 bridgehead atoms. The zero-order valence-electron chi connectivity index (χ0n) is 16.6. The molecule has 29 heavy (non-hydrogen) atoms. The number of hydrogen-bond donors (Lipinski definition) is 1. The number of rotatable bonds is 7. The fourth-order valence-corrected chi connectivity index (χ4v) is 3.41. The Kier molecular flexibility index (Phi) is 6.54. The monoisotopic (exact) mass is 415 g/mol. The van der Waals surface area contributed by atoms with E-state index in [1.54, 1.807) is 26.2 Å². The minimum atomic E-state index is -0.350. The van der Waals surface area contributed by atoms with Crippen LogP contribution >= 0.6 is 11.6 Å². The topological polar surface area (TPSA) is 56.1 Å². The van der Waals surface area contributed by atoms with Crippen molar-refractivity contribution in [2.45, 2.75) is 32.7 Å². The zero-order chi connectivity index (χ0) is 21.0. The number of benzene rings is 2. The second-order valence-corrected chi connectivity index (χ2v) is 7.26. The van der Waals surface area contributed by atoms with Crippen LogP contribution in [0.15, 0.2) is 48.5 Å². The molecular weight excluding hydrogens is 393 g/mol. The fraction of sp³-hybridized carbons (Fsp3) is 0.273. The molecule has 1 heterocycles. The highest BCUT2D eigenvalue weighted by atomic mass is 35.5. The van der Waals surface area contributed by atoms with Gasteiger partial charge in [-0.15, -0.1) is 0 Å². The van der Waals surface area contributed by atoms with Gasteiger partial charge in [0, 0.05) is 6.04 Å². The third kappa shape index (κ3) is 4.95. The summed E-state index contributed by atoms with van der Waals surface area (Å²) in [6, 6.07) is 13.6. The van der Waals surface area contributed by atoms with E-state index in [9.17, 15) is 9.18 Å². The number of hydrogen-bond acceptors (Lipinski definition) is 3. The van der Waals surface area contributed by atoms with E-state index in [0.29, 0.717) is 16.9 Å². The number of carbonyl (C=O) groups is 1. The quantitative estimate of drug-likeness (QED) is 0.606. The van der Waals surface area contributed by atoms with Crippen LogP contribution in [0.1, 0.15) is 35.0 Å². The number of methoxy groups -OCH3 is 1. The summed E-state index contributed by atoms with van der Waals surface area (Å²) in [5, 5.41) is 7.52. The summed E-state index contributed by atoms with van der Waals surface area (Å²) in [4.78, 5) is 12.8. The third-order valence-electron chi connectivity index (χ3n) is 4.70. The van der Waals surface area contributed by atoms with Crippen molar-refractivity contribution in [2.75, 3.05) is 7.11 Å². The normalized spacial score (nSPS) is 11.9. The number of nitrogens with one attached hydrogen (secondary N) is 1. The van der Waals surface area contributed by atoms with E-state index in [1.165, 1.54) is 22.4 Å². The van der Waals surface area contributed by atoms with Crippen LogP contribution in [0.25, 0.3) is 5.69 Å². The highest BCUT2D eigenvalue weighted by Gasteiger charge is 2.22. The molecule has 7 heteroatoms. The number of carbonyl (C=O) groups excluding carboxylic acids is 1. The van der Waals surface area contributed by atoms with Crippen molar-refractivity contribution in [3.8, 4) is 11.4 Å². The molecule has 1 atom stereocenters. The van der Waals surface area contributed by atoms with Crippen molar-refractivity contribution in [3.05, 3.63) is 76.3 Å². The second kappa shape index (κ2) is 9.09. The molecule has 0 spiro atoms. The highest BCUT2D eigenvalue weighted by Crippen LogP contribution is 2.24. The minimum absolute atomic E-state index is 0.0470. The number of ether oxygens (including phenoxy) is 1. The van der Waals surface area contributed by atoms with E-state index < -0.39 is 0 Å². The van der Waals surface area contributed by atoms with Gasteiger partial charge in [-0.2, -0.15) is 5.10 Å². The summed E-state index contributed by atoms with van der Waals surface area (Å²) in [6.07, 6.45) is 1.60. The first-order chi connectivity index (χ1) is 13.9. The molecule has 0 radical (unpaired) electrons.